The molecule has 0 atom stereocenters. The second-order valence-corrected chi connectivity index (χ2v) is 7.48. The molecule has 3 aromatic rings. The lowest BCUT2D eigenvalue weighted by Gasteiger charge is -2.22. The molecule has 1 heterocycles. The van der Waals surface area contributed by atoms with Gasteiger partial charge >= 0.3 is 0 Å². The Kier molecular flexibility index (Phi) is 3.83. The number of phenolic OH excluding ortho intramolecular Hbond substituents is 1. The van der Waals surface area contributed by atoms with Gasteiger partial charge in [-0.3, -0.25) is 0 Å². The molecule has 0 aliphatic heterocycles. The molecule has 3 heteroatoms. The van der Waals surface area contributed by atoms with Crippen LogP contribution in [-0.2, 0) is 5.41 Å². The second kappa shape index (κ2) is 5.59. The first kappa shape index (κ1) is 16.4. The molecule has 2 aromatic carbocycles. The zero-order valence-electron chi connectivity index (χ0n) is 15.2. The van der Waals surface area contributed by atoms with E-state index in [1.807, 2.05) is 25.1 Å². The first-order valence-corrected chi connectivity index (χ1v) is 8.23. The molecule has 0 radical (unpaired) electrons. The van der Waals surface area contributed by atoms with E-state index in [0.717, 1.165) is 39.0 Å². The Morgan fingerprint density at radius 2 is 1.75 bits per heavy atom. The van der Waals surface area contributed by atoms with Crippen LogP contribution >= 0.6 is 0 Å². The molecule has 0 bridgehead atoms. The summed E-state index contributed by atoms with van der Waals surface area (Å²) in [5, 5.41) is 11.6. The molecular formula is C21H25NO2. The molecule has 1 aromatic heterocycles. The van der Waals surface area contributed by atoms with Crippen molar-refractivity contribution in [3.63, 3.8) is 0 Å². The highest BCUT2D eigenvalue weighted by Crippen LogP contribution is 2.39. The average molecular weight is 323 g/mol. The summed E-state index contributed by atoms with van der Waals surface area (Å²) in [4.78, 5) is 3.52. The number of rotatable bonds is 2. The molecule has 3 rings (SSSR count). The summed E-state index contributed by atoms with van der Waals surface area (Å²) in [5.74, 6) is 1.25. The Labute approximate surface area is 143 Å². The van der Waals surface area contributed by atoms with E-state index in [4.69, 9.17) is 4.74 Å². The van der Waals surface area contributed by atoms with Crippen molar-refractivity contribution in [2.75, 3.05) is 7.11 Å². The number of fused-ring (bicyclic) bond motifs is 1. The van der Waals surface area contributed by atoms with Crippen molar-refractivity contribution in [1.82, 2.24) is 4.98 Å². The summed E-state index contributed by atoms with van der Waals surface area (Å²) in [5.41, 5.74) is 6.21. The van der Waals surface area contributed by atoms with Crippen LogP contribution in [-0.4, -0.2) is 17.2 Å². The van der Waals surface area contributed by atoms with Gasteiger partial charge in [0.1, 0.15) is 11.5 Å². The fourth-order valence-electron chi connectivity index (χ4n) is 3.22. The van der Waals surface area contributed by atoms with E-state index < -0.39 is 0 Å². The van der Waals surface area contributed by atoms with Gasteiger partial charge in [-0.1, -0.05) is 20.8 Å². The van der Waals surface area contributed by atoms with E-state index in [1.54, 1.807) is 7.11 Å². The van der Waals surface area contributed by atoms with Gasteiger partial charge in [0.15, 0.2) is 0 Å². The maximum absolute atomic E-state index is 10.5. The van der Waals surface area contributed by atoms with Crippen LogP contribution in [0.15, 0.2) is 30.3 Å². The maximum Gasteiger partial charge on any atom is 0.122 e. The Morgan fingerprint density at radius 1 is 1.04 bits per heavy atom. The normalized spacial score (nSPS) is 11.9. The number of phenols is 1. The number of aromatic hydroxyl groups is 1. The van der Waals surface area contributed by atoms with Gasteiger partial charge in [0, 0.05) is 22.2 Å². The Bertz CT molecular complexity index is 914. The standard InChI is InChI=1S/C21H25NO2/c1-12-9-14(10-17(20(12)23)21(3,4)5)19-13(2)16-11-15(24-6)7-8-18(16)22-19/h7-11,22-23H,1-6H3. The number of ether oxygens (including phenoxy) is 1. The lowest BCUT2D eigenvalue weighted by Crippen LogP contribution is -2.12. The number of hydrogen-bond acceptors (Lipinski definition) is 2. The van der Waals surface area contributed by atoms with E-state index in [9.17, 15) is 5.11 Å². The fourth-order valence-corrected chi connectivity index (χ4v) is 3.22. The molecule has 0 fully saturated rings. The minimum absolute atomic E-state index is 0.117. The highest BCUT2D eigenvalue weighted by Gasteiger charge is 2.21. The third-order valence-electron chi connectivity index (χ3n) is 4.66. The maximum atomic E-state index is 10.5. The monoisotopic (exact) mass is 323 g/mol. The first-order chi connectivity index (χ1) is 11.2. The summed E-state index contributed by atoms with van der Waals surface area (Å²) in [6, 6.07) is 10.2. The van der Waals surface area contributed by atoms with E-state index in [1.165, 1.54) is 5.56 Å². The lowest BCUT2D eigenvalue weighted by atomic mass is 9.83. The summed E-state index contributed by atoms with van der Waals surface area (Å²) in [7, 11) is 1.68. The predicted octanol–water partition coefficient (Wildman–Crippen LogP) is 5.46. The molecular weight excluding hydrogens is 298 g/mol. The van der Waals surface area contributed by atoms with Crippen LogP contribution in [0.3, 0.4) is 0 Å². The van der Waals surface area contributed by atoms with Gasteiger partial charge in [-0.25, -0.2) is 0 Å². The number of hydrogen-bond donors (Lipinski definition) is 2. The van der Waals surface area contributed by atoms with Gasteiger partial charge in [-0.15, -0.1) is 0 Å². The van der Waals surface area contributed by atoms with E-state index in [2.05, 4.69) is 44.8 Å². The number of aryl methyl sites for hydroxylation is 2. The fraction of sp³-hybridized carbons (Fsp3) is 0.333. The third kappa shape index (κ3) is 2.64. The largest absolute Gasteiger partial charge is 0.507 e. The van der Waals surface area contributed by atoms with Crippen LogP contribution < -0.4 is 4.74 Å². The Morgan fingerprint density at radius 3 is 2.38 bits per heavy atom. The molecule has 2 N–H and O–H groups in total. The van der Waals surface area contributed by atoms with Crippen molar-refractivity contribution in [3.8, 4) is 22.8 Å². The van der Waals surface area contributed by atoms with E-state index in [-0.39, 0.29) is 5.41 Å². The van der Waals surface area contributed by atoms with Crippen molar-refractivity contribution >= 4 is 10.9 Å². The summed E-state index contributed by atoms with van der Waals surface area (Å²) < 4.78 is 5.34. The van der Waals surface area contributed by atoms with Crippen molar-refractivity contribution in [2.45, 2.75) is 40.0 Å². The van der Waals surface area contributed by atoms with E-state index >= 15 is 0 Å². The molecule has 0 amide bonds. The molecule has 0 aliphatic rings. The minimum Gasteiger partial charge on any atom is -0.507 e. The van der Waals surface area contributed by atoms with Crippen LogP contribution in [0, 0.1) is 13.8 Å². The Balaban J connectivity index is 2.24. The summed E-state index contributed by atoms with van der Waals surface area (Å²) in [6.07, 6.45) is 0. The van der Waals surface area contributed by atoms with Gasteiger partial charge in [0.2, 0.25) is 0 Å². The van der Waals surface area contributed by atoms with Crippen LogP contribution in [0.1, 0.15) is 37.5 Å². The lowest BCUT2D eigenvalue weighted by molar-refractivity contribution is 0.415. The van der Waals surface area contributed by atoms with Crippen molar-refractivity contribution < 1.29 is 9.84 Å². The Hall–Kier alpha value is -2.42. The number of H-pyrrole nitrogens is 1. The highest BCUT2D eigenvalue weighted by molar-refractivity contribution is 5.91. The van der Waals surface area contributed by atoms with Crippen molar-refractivity contribution in [3.05, 3.63) is 47.0 Å². The zero-order valence-corrected chi connectivity index (χ0v) is 15.2. The van der Waals surface area contributed by atoms with Gasteiger partial charge in [0.25, 0.3) is 0 Å². The predicted molar refractivity (Wildman–Crippen MR) is 100 cm³/mol. The van der Waals surface area contributed by atoms with Crippen LogP contribution in [0.5, 0.6) is 11.5 Å². The molecule has 126 valence electrons. The number of methoxy groups -OCH3 is 1. The quantitative estimate of drug-likeness (QED) is 0.657. The molecule has 3 nitrogen and oxygen atoms in total. The molecule has 0 unspecified atom stereocenters. The first-order valence-electron chi connectivity index (χ1n) is 8.23. The number of benzene rings is 2. The SMILES string of the molecule is COc1ccc2[nH]c(-c3cc(C)c(O)c(C(C)(C)C)c3)c(C)c2c1. The number of nitrogens with one attached hydrogen (secondary N) is 1. The van der Waals surface area contributed by atoms with Crippen LogP contribution in [0.25, 0.3) is 22.2 Å². The van der Waals surface area contributed by atoms with Crippen LogP contribution in [0.4, 0.5) is 0 Å². The van der Waals surface area contributed by atoms with Gasteiger partial charge in [0.05, 0.1) is 7.11 Å². The number of aromatic amines is 1. The van der Waals surface area contributed by atoms with Crippen molar-refractivity contribution in [1.29, 1.82) is 0 Å². The summed E-state index contributed by atoms with van der Waals surface area (Å²) >= 11 is 0. The third-order valence-corrected chi connectivity index (χ3v) is 4.66. The smallest absolute Gasteiger partial charge is 0.122 e. The molecule has 0 spiro atoms. The minimum atomic E-state index is -0.117. The molecule has 0 saturated heterocycles. The van der Waals surface area contributed by atoms with Gasteiger partial charge in [-0.2, -0.15) is 0 Å². The molecule has 0 saturated carbocycles. The second-order valence-electron chi connectivity index (χ2n) is 7.48. The topological polar surface area (TPSA) is 45.2 Å². The van der Waals surface area contributed by atoms with Gasteiger partial charge in [-0.05, 0) is 66.3 Å². The molecule has 0 aliphatic carbocycles. The average Bonchev–Trinajstić information content (AvgIpc) is 2.85. The highest BCUT2D eigenvalue weighted by atomic mass is 16.5. The van der Waals surface area contributed by atoms with E-state index in [0.29, 0.717) is 5.75 Å². The summed E-state index contributed by atoms with van der Waals surface area (Å²) in [6.45, 7) is 10.4. The van der Waals surface area contributed by atoms with Crippen LogP contribution in [0.2, 0.25) is 0 Å². The molecule has 24 heavy (non-hydrogen) atoms. The van der Waals surface area contributed by atoms with Crippen molar-refractivity contribution in [2.24, 2.45) is 0 Å². The van der Waals surface area contributed by atoms with Gasteiger partial charge < -0.3 is 14.8 Å². The number of aromatic nitrogens is 1. The zero-order chi connectivity index (χ0) is 17.6.